The third-order valence-corrected chi connectivity index (χ3v) is 7.98. The first-order valence-electron chi connectivity index (χ1n) is 12.7. The summed E-state index contributed by atoms with van der Waals surface area (Å²) in [4.78, 5) is 37.7. The smallest absolute Gasteiger partial charge is 0.326 e. The lowest BCUT2D eigenvalue weighted by atomic mass is 10.0. The van der Waals surface area contributed by atoms with Gasteiger partial charge in [0.2, 0.25) is 11.8 Å². The highest BCUT2D eigenvalue weighted by atomic mass is 35.5. The number of hydrogen-bond acceptors (Lipinski definition) is 3. The fourth-order valence-corrected chi connectivity index (χ4v) is 5.46. The SMILES string of the molecule is O=C(CCC(F)(F)F)Nc1c(F)ccc(NC(=O)c2cc(NC(=O)[C@H]3C(c4ccc(F)c(C(F)(F)F)c4)C3(Cl)Cl)ccc2Cl)c1F. The van der Waals surface area contributed by atoms with Gasteiger partial charge in [-0.25, -0.2) is 13.2 Å². The van der Waals surface area contributed by atoms with E-state index in [1.165, 1.54) is 6.07 Å². The molecule has 1 saturated carbocycles. The Morgan fingerprint density at radius 2 is 1.48 bits per heavy atom. The number of rotatable bonds is 8. The molecule has 1 aliphatic rings. The summed E-state index contributed by atoms with van der Waals surface area (Å²) in [5, 5.41) is 5.91. The molecule has 3 aromatic rings. The molecule has 0 spiro atoms. The molecule has 3 amide bonds. The van der Waals surface area contributed by atoms with E-state index in [0.717, 1.165) is 24.3 Å². The number of carbonyl (C=O) groups excluding carboxylic acids is 3. The molecule has 18 heteroatoms. The van der Waals surface area contributed by atoms with E-state index >= 15 is 0 Å². The van der Waals surface area contributed by atoms with E-state index in [-0.39, 0.29) is 21.8 Å². The molecule has 2 atom stereocenters. The highest BCUT2D eigenvalue weighted by Gasteiger charge is 2.67. The molecule has 0 aliphatic heterocycles. The Labute approximate surface area is 268 Å². The van der Waals surface area contributed by atoms with Gasteiger partial charge in [-0.05, 0) is 48.0 Å². The molecule has 246 valence electrons. The van der Waals surface area contributed by atoms with Crippen LogP contribution in [0.1, 0.15) is 40.2 Å². The minimum atomic E-state index is -5.03. The van der Waals surface area contributed by atoms with E-state index in [9.17, 15) is 53.9 Å². The second-order valence-electron chi connectivity index (χ2n) is 9.95. The molecule has 3 N–H and O–H groups in total. The molecule has 1 unspecified atom stereocenters. The standard InChI is InChI=1S/C28H17Cl3F9N3O3/c29-15-3-2-12(41-25(46)21-20(27(21,30)31)11-1-4-16(32)14(9-11)28(38,39)40)10-13(15)24(45)42-18-6-5-17(33)23(22(18)34)43-19(44)7-8-26(35,36)37/h1-6,9-10,20-21H,7-8H2,(H,41,46)(H,42,45)(H,43,44)/t20?,21-/m1/s1. The van der Waals surface area contributed by atoms with Crippen molar-refractivity contribution in [3.63, 3.8) is 0 Å². The molecule has 46 heavy (non-hydrogen) atoms. The molecule has 0 radical (unpaired) electrons. The third-order valence-electron chi connectivity index (χ3n) is 6.71. The maximum Gasteiger partial charge on any atom is 0.419 e. The Hall–Kier alpha value is -3.69. The lowest BCUT2D eigenvalue weighted by molar-refractivity contribution is -0.142. The maximum absolute atomic E-state index is 15.0. The topological polar surface area (TPSA) is 87.3 Å². The Bertz CT molecular complexity index is 1720. The van der Waals surface area contributed by atoms with Crippen molar-refractivity contribution in [1.82, 2.24) is 0 Å². The van der Waals surface area contributed by atoms with E-state index in [4.69, 9.17) is 34.8 Å². The average Bonchev–Trinajstić information content (AvgIpc) is 3.53. The van der Waals surface area contributed by atoms with Gasteiger partial charge in [-0.2, -0.15) is 26.3 Å². The first kappa shape index (κ1) is 35.2. The number of hydrogen-bond donors (Lipinski definition) is 3. The van der Waals surface area contributed by atoms with E-state index < -0.39 is 93.5 Å². The van der Waals surface area contributed by atoms with Gasteiger partial charge in [0.25, 0.3) is 5.91 Å². The van der Waals surface area contributed by atoms with Crippen molar-refractivity contribution in [3.05, 3.63) is 87.7 Å². The van der Waals surface area contributed by atoms with E-state index in [2.05, 4.69) is 10.6 Å². The number of halogens is 12. The average molecular weight is 721 g/mol. The Morgan fingerprint density at radius 1 is 0.826 bits per heavy atom. The molecule has 4 rings (SSSR count). The summed E-state index contributed by atoms with van der Waals surface area (Å²) in [5.41, 5.74) is -4.03. The van der Waals surface area contributed by atoms with Crippen LogP contribution in [0.3, 0.4) is 0 Å². The van der Waals surface area contributed by atoms with Crippen LogP contribution in [-0.4, -0.2) is 28.2 Å². The number of benzene rings is 3. The van der Waals surface area contributed by atoms with Crippen LogP contribution in [0.2, 0.25) is 5.02 Å². The van der Waals surface area contributed by atoms with Gasteiger partial charge in [0, 0.05) is 18.0 Å². The summed E-state index contributed by atoms with van der Waals surface area (Å²) in [6.45, 7) is 0. The quantitative estimate of drug-likeness (QED) is 0.161. The number of anilines is 3. The zero-order valence-corrected chi connectivity index (χ0v) is 24.7. The Morgan fingerprint density at radius 3 is 2.11 bits per heavy atom. The summed E-state index contributed by atoms with van der Waals surface area (Å²) in [7, 11) is 0. The monoisotopic (exact) mass is 719 g/mol. The van der Waals surface area contributed by atoms with Crippen LogP contribution in [0, 0.1) is 23.4 Å². The van der Waals surface area contributed by atoms with Crippen LogP contribution in [0.5, 0.6) is 0 Å². The van der Waals surface area contributed by atoms with Gasteiger partial charge in [-0.3, -0.25) is 14.4 Å². The first-order chi connectivity index (χ1) is 21.2. The lowest BCUT2D eigenvalue weighted by Crippen LogP contribution is -2.20. The molecule has 3 aromatic carbocycles. The zero-order chi connectivity index (χ0) is 34.4. The van der Waals surface area contributed by atoms with Crippen LogP contribution in [0.25, 0.3) is 0 Å². The summed E-state index contributed by atoms with van der Waals surface area (Å²) in [6, 6.07) is 6.85. The van der Waals surface area contributed by atoms with E-state index in [1.807, 2.05) is 0 Å². The van der Waals surface area contributed by atoms with Gasteiger partial charge in [0.15, 0.2) is 5.82 Å². The minimum Gasteiger partial charge on any atom is -0.326 e. The number of nitrogens with one attached hydrogen (secondary N) is 3. The lowest BCUT2D eigenvalue weighted by Gasteiger charge is -2.14. The van der Waals surface area contributed by atoms with Crippen molar-refractivity contribution in [2.24, 2.45) is 5.92 Å². The molecule has 0 saturated heterocycles. The maximum atomic E-state index is 15.0. The highest BCUT2D eigenvalue weighted by Crippen LogP contribution is 2.65. The third kappa shape index (κ3) is 7.81. The Balaban J connectivity index is 1.49. The van der Waals surface area contributed by atoms with Crippen molar-refractivity contribution >= 4 is 69.6 Å². The van der Waals surface area contributed by atoms with Crippen molar-refractivity contribution in [1.29, 1.82) is 0 Å². The summed E-state index contributed by atoms with van der Waals surface area (Å²) in [6.07, 6.45) is -12.4. The number of carbonyl (C=O) groups is 3. The summed E-state index contributed by atoms with van der Waals surface area (Å²) < 4.78 is 118. The Kier molecular flexibility index (Phi) is 9.82. The second-order valence-corrected chi connectivity index (χ2v) is 11.8. The zero-order valence-electron chi connectivity index (χ0n) is 22.4. The van der Waals surface area contributed by atoms with Crippen LogP contribution in [-0.2, 0) is 15.8 Å². The normalized spacial score (nSPS) is 17.3. The van der Waals surface area contributed by atoms with Crippen LogP contribution in [0.15, 0.2) is 48.5 Å². The van der Waals surface area contributed by atoms with Gasteiger partial charge < -0.3 is 16.0 Å². The fourth-order valence-electron chi connectivity index (χ4n) is 4.43. The van der Waals surface area contributed by atoms with Gasteiger partial charge in [0.05, 0.1) is 34.2 Å². The van der Waals surface area contributed by atoms with Gasteiger partial charge >= 0.3 is 12.4 Å². The molecule has 6 nitrogen and oxygen atoms in total. The highest BCUT2D eigenvalue weighted by molar-refractivity contribution is 6.53. The largest absolute Gasteiger partial charge is 0.419 e. The van der Waals surface area contributed by atoms with Crippen molar-refractivity contribution in [2.75, 3.05) is 16.0 Å². The predicted octanol–water partition coefficient (Wildman–Crippen LogP) is 8.84. The molecular formula is C28H17Cl3F9N3O3. The molecule has 0 aromatic heterocycles. The van der Waals surface area contributed by atoms with E-state index in [1.54, 1.807) is 5.32 Å². The van der Waals surface area contributed by atoms with Gasteiger partial charge in [-0.15, -0.1) is 23.2 Å². The van der Waals surface area contributed by atoms with Crippen molar-refractivity contribution in [3.8, 4) is 0 Å². The number of amides is 3. The van der Waals surface area contributed by atoms with Crippen LogP contribution in [0.4, 0.5) is 56.6 Å². The fraction of sp³-hybridized carbons (Fsp3) is 0.250. The van der Waals surface area contributed by atoms with Crippen LogP contribution >= 0.6 is 34.8 Å². The van der Waals surface area contributed by atoms with Gasteiger partial charge in [0.1, 0.15) is 21.7 Å². The van der Waals surface area contributed by atoms with Crippen molar-refractivity contribution in [2.45, 2.75) is 35.4 Å². The molecule has 0 bridgehead atoms. The predicted molar refractivity (Wildman–Crippen MR) is 150 cm³/mol. The van der Waals surface area contributed by atoms with Crippen LogP contribution < -0.4 is 16.0 Å². The summed E-state index contributed by atoms with van der Waals surface area (Å²) >= 11 is 18.4. The molecule has 1 fully saturated rings. The minimum absolute atomic E-state index is 0.0957. The molecule has 1 aliphatic carbocycles. The van der Waals surface area contributed by atoms with Crippen molar-refractivity contribution < 1.29 is 53.9 Å². The van der Waals surface area contributed by atoms with Gasteiger partial charge in [-0.1, -0.05) is 17.7 Å². The first-order valence-corrected chi connectivity index (χ1v) is 13.8. The molecular weight excluding hydrogens is 704 g/mol. The number of alkyl halides is 8. The summed E-state index contributed by atoms with van der Waals surface area (Å²) in [5.74, 6) is -10.2. The molecule has 0 heterocycles. The second kappa shape index (κ2) is 12.8. The van der Waals surface area contributed by atoms with E-state index in [0.29, 0.717) is 18.2 Å².